The Bertz CT molecular complexity index is 985. The number of carbonyl (C=O) groups is 1. The molecule has 2 aromatic rings. The number of ether oxygens (including phenoxy) is 2. The second-order valence-corrected chi connectivity index (χ2v) is 8.57. The second kappa shape index (κ2) is 8.71. The largest absolute Gasteiger partial charge is 0.497 e. The number of carbonyl (C=O) groups excluding carboxylic acids is 1. The molecule has 1 heterocycles. The van der Waals surface area contributed by atoms with Crippen LogP contribution >= 0.6 is 0 Å². The Balaban J connectivity index is 1.76. The van der Waals surface area contributed by atoms with Crippen molar-refractivity contribution in [2.75, 3.05) is 50.6 Å². The minimum absolute atomic E-state index is 0.122. The van der Waals surface area contributed by atoms with Gasteiger partial charge in [-0.05, 0) is 30.3 Å². The summed E-state index contributed by atoms with van der Waals surface area (Å²) in [5.41, 5.74) is 1.33. The van der Waals surface area contributed by atoms with Gasteiger partial charge < -0.3 is 19.7 Å². The van der Waals surface area contributed by atoms with Gasteiger partial charge in [0, 0.05) is 44.9 Å². The Morgan fingerprint density at radius 2 is 1.72 bits per heavy atom. The third-order valence-corrected chi connectivity index (χ3v) is 6.67. The summed E-state index contributed by atoms with van der Waals surface area (Å²) in [6.07, 6.45) is 0. The minimum atomic E-state index is -3.69. The summed E-state index contributed by atoms with van der Waals surface area (Å²) in [6.45, 7) is 3.22. The van der Waals surface area contributed by atoms with Crippen LogP contribution in [0.15, 0.2) is 47.4 Å². The van der Waals surface area contributed by atoms with Gasteiger partial charge in [-0.2, -0.15) is 4.31 Å². The van der Waals surface area contributed by atoms with E-state index in [-0.39, 0.29) is 10.8 Å². The van der Waals surface area contributed by atoms with E-state index >= 15 is 0 Å². The molecular formula is C20H25N3O5S. The quantitative estimate of drug-likeness (QED) is 0.772. The summed E-state index contributed by atoms with van der Waals surface area (Å²) in [5.74, 6) is 0.869. The molecule has 0 radical (unpaired) electrons. The molecule has 8 nitrogen and oxygen atoms in total. The van der Waals surface area contributed by atoms with Crippen molar-refractivity contribution in [2.45, 2.75) is 11.8 Å². The zero-order chi connectivity index (χ0) is 21.0. The molecule has 1 aliphatic heterocycles. The lowest BCUT2D eigenvalue weighted by atomic mass is 10.2. The lowest BCUT2D eigenvalue weighted by Crippen LogP contribution is -2.48. The lowest BCUT2D eigenvalue weighted by Gasteiger charge is -2.35. The van der Waals surface area contributed by atoms with E-state index in [9.17, 15) is 13.2 Å². The summed E-state index contributed by atoms with van der Waals surface area (Å²) < 4.78 is 38.1. The molecule has 1 amide bonds. The molecule has 0 aliphatic carbocycles. The van der Waals surface area contributed by atoms with Crippen LogP contribution in [0.3, 0.4) is 0 Å². The highest BCUT2D eigenvalue weighted by molar-refractivity contribution is 7.89. The molecule has 3 rings (SSSR count). The highest BCUT2D eigenvalue weighted by atomic mass is 32.2. The molecule has 156 valence electrons. The zero-order valence-electron chi connectivity index (χ0n) is 16.7. The first-order valence-corrected chi connectivity index (χ1v) is 10.6. The van der Waals surface area contributed by atoms with Crippen LogP contribution in [-0.2, 0) is 14.8 Å². The van der Waals surface area contributed by atoms with Gasteiger partial charge >= 0.3 is 0 Å². The monoisotopic (exact) mass is 419 g/mol. The van der Waals surface area contributed by atoms with Gasteiger partial charge in [-0.3, -0.25) is 4.79 Å². The van der Waals surface area contributed by atoms with Gasteiger partial charge in [0.1, 0.15) is 11.5 Å². The summed E-state index contributed by atoms with van der Waals surface area (Å²) in [6, 6.07) is 12.2. The Labute approximate surface area is 171 Å². The fourth-order valence-corrected chi connectivity index (χ4v) is 4.73. The van der Waals surface area contributed by atoms with E-state index < -0.39 is 10.0 Å². The van der Waals surface area contributed by atoms with Crippen LogP contribution in [0.1, 0.15) is 6.92 Å². The average molecular weight is 420 g/mol. The number of rotatable bonds is 6. The van der Waals surface area contributed by atoms with E-state index in [1.54, 1.807) is 13.2 Å². The summed E-state index contributed by atoms with van der Waals surface area (Å²) in [4.78, 5) is 13.7. The van der Waals surface area contributed by atoms with Crippen molar-refractivity contribution in [3.05, 3.63) is 42.5 Å². The number of nitrogens with zero attached hydrogens (tertiary/aromatic N) is 2. The Morgan fingerprint density at radius 1 is 1.00 bits per heavy atom. The van der Waals surface area contributed by atoms with Gasteiger partial charge in [0.2, 0.25) is 15.9 Å². The predicted octanol–water partition coefficient (Wildman–Crippen LogP) is 2.17. The molecule has 0 aromatic heterocycles. The molecule has 1 N–H and O–H groups in total. The summed E-state index contributed by atoms with van der Waals surface area (Å²) in [7, 11) is -0.605. The number of hydrogen-bond donors (Lipinski definition) is 1. The molecule has 0 unspecified atom stereocenters. The van der Waals surface area contributed by atoms with E-state index in [2.05, 4.69) is 10.2 Å². The highest BCUT2D eigenvalue weighted by Crippen LogP contribution is 2.30. The van der Waals surface area contributed by atoms with Gasteiger partial charge in [0.15, 0.2) is 0 Å². The molecule has 1 aliphatic rings. The van der Waals surface area contributed by atoms with E-state index in [1.165, 1.54) is 30.5 Å². The molecule has 2 aromatic carbocycles. The van der Waals surface area contributed by atoms with Gasteiger partial charge in [0.25, 0.3) is 0 Å². The molecule has 0 spiro atoms. The predicted molar refractivity (Wildman–Crippen MR) is 111 cm³/mol. The van der Waals surface area contributed by atoms with E-state index in [0.29, 0.717) is 37.6 Å². The van der Waals surface area contributed by atoms with Gasteiger partial charge in [-0.15, -0.1) is 0 Å². The third-order valence-electron chi connectivity index (χ3n) is 4.78. The topological polar surface area (TPSA) is 88.2 Å². The maximum Gasteiger partial charge on any atom is 0.243 e. The molecule has 1 fully saturated rings. The van der Waals surface area contributed by atoms with Gasteiger partial charge in [-0.25, -0.2) is 8.42 Å². The van der Waals surface area contributed by atoms with Crippen LogP contribution in [0.25, 0.3) is 0 Å². The Hall–Kier alpha value is -2.78. The van der Waals surface area contributed by atoms with Gasteiger partial charge in [-0.1, -0.05) is 6.07 Å². The molecule has 1 saturated heterocycles. The van der Waals surface area contributed by atoms with E-state index in [4.69, 9.17) is 9.47 Å². The van der Waals surface area contributed by atoms with Crippen LogP contribution in [-0.4, -0.2) is 59.0 Å². The maximum absolute atomic E-state index is 13.1. The molecule has 0 atom stereocenters. The second-order valence-electron chi connectivity index (χ2n) is 6.64. The van der Waals surface area contributed by atoms with Gasteiger partial charge in [0.05, 0.1) is 24.8 Å². The first-order chi connectivity index (χ1) is 13.8. The third kappa shape index (κ3) is 4.63. The van der Waals surface area contributed by atoms with E-state index in [1.807, 2.05) is 24.3 Å². The summed E-state index contributed by atoms with van der Waals surface area (Å²) >= 11 is 0. The zero-order valence-corrected chi connectivity index (χ0v) is 17.5. The molecule has 9 heteroatoms. The standard InChI is InChI=1S/C20H25N3O5S/c1-15(24)21-19-14-18(7-8-20(19)28-3)29(25,26)23-11-9-22(10-12-23)16-5-4-6-17(13-16)27-2/h4-8,13-14H,9-12H2,1-3H3,(H,21,24). The lowest BCUT2D eigenvalue weighted by molar-refractivity contribution is -0.114. The van der Waals surface area contributed by atoms with Crippen LogP contribution in [0.2, 0.25) is 0 Å². The van der Waals surface area contributed by atoms with Crippen LogP contribution in [0.5, 0.6) is 11.5 Å². The number of hydrogen-bond acceptors (Lipinski definition) is 6. The van der Waals surface area contributed by atoms with Crippen molar-refractivity contribution in [1.29, 1.82) is 0 Å². The number of piperazine rings is 1. The van der Waals surface area contributed by atoms with Crippen molar-refractivity contribution in [2.24, 2.45) is 0 Å². The average Bonchev–Trinajstić information content (AvgIpc) is 2.73. The number of sulfonamides is 1. The van der Waals surface area contributed by atoms with Crippen molar-refractivity contribution < 1.29 is 22.7 Å². The number of benzene rings is 2. The first kappa shape index (κ1) is 20.9. The van der Waals surface area contributed by atoms with Crippen molar-refractivity contribution in [1.82, 2.24) is 4.31 Å². The van der Waals surface area contributed by atoms with Crippen molar-refractivity contribution in [3.8, 4) is 11.5 Å². The van der Waals surface area contributed by atoms with E-state index in [0.717, 1.165) is 11.4 Å². The van der Waals surface area contributed by atoms with Crippen LogP contribution < -0.4 is 19.7 Å². The number of methoxy groups -OCH3 is 2. The normalized spacial score (nSPS) is 15.1. The molecule has 0 saturated carbocycles. The smallest absolute Gasteiger partial charge is 0.243 e. The minimum Gasteiger partial charge on any atom is -0.497 e. The Morgan fingerprint density at radius 3 is 2.34 bits per heavy atom. The fraction of sp³-hybridized carbons (Fsp3) is 0.350. The number of amides is 1. The summed E-state index contributed by atoms with van der Waals surface area (Å²) in [5, 5.41) is 2.61. The van der Waals surface area contributed by atoms with Crippen molar-refractivity contribution in [3.63, 3.8) is 0 Å². The SMILES string of the molecule is COc1cccc(N2CCN(S(=O)(=O)c3ccc(OC)c(NC(C)=O)c3)CC2)c1. The molecule has 29 heavy (non-hydrogen) atoms. The Kier molecular flexibility index (Phi) is 6.29. The van der Waals surface area contributed by atoms with Crippen LogP contribution in [0, 0.1) is 0 Å². The number of nitrogens with one attached hydrogen (secondary N) is 1. The molecular weight excluding hydrogens is 394 g/mol. The first-order valence-electron chi connectivity index (χ1n) is 9.20. The van der Waals surface area contributed by atoms with Crippen LogP contribution in [0.4, 0.5) is 11.4 Å². The maximum atomic E-state index is 13.1. The molecule has 0 bridgehead atoms. The van der Waals surface area contributed by atoms with Crippen molar-refractivity contribution >= 4 is 27.3 Å². The number of anilines is 2. The fourth-order valence-electron chi connectivity index (χ4n) is 3.28. The highest BCUT2D eigenvalue weighted by Gasteiger charge is 2.29.